The number of nitrogens with one attached hydrogen (secondary N) is 1. The van der Waals surface area contributed by atoms with Gasteiger partial charge < -0.3 is 14.8 Å². The normalized spacial score (nSPS) is 12.0. The molecule has 1 N–H and O–H groups in total. The molecule has 134 valence electrons. The van der Waals surface area contributed by atoms with Crippen LogP contribution in [0.15, 0.2) is 36.4 Å². The Morgan fingerprint density at radius 3 is 2.48 bits per heavy atom. The van der Waals surface area contributed by atoms with Gasteiger partial charge in [0.05, 0.1) is 28.8 Å². The van der Waals surface area contributed by atoms with E-state index in [9.17, 15) is 13.6 Å². The maximum absolute atomic E-state index is 12.7. The fourth-order valence-corrected chi connectivity index (χ4v) is 2.51. The summed E-state index contributed by atoms with van der Waals surface area (Å²) in [5.74, 6) is -0.873. The average molecular weight is 390 g/mol. The van der Waals surface area contributed by atoms with Gasteiger partial charge >= 0.3 is 6.61 Å². The fourth-order valence-electron chi connectivity index (χ4n) is 2.21. The van der Waals surface area contributed by atoms with Crippen LogP contribution in [0, 0.1) is 0 Å². The van der Waals surface area contributed by atoms with Crippen LogP contribution >= 0.6 is 23.2 Å². The predicted octanol–water partition coefficient (Wildman–Crippen LogP) is 5.09. The molecule has 0 saturated carbocycles. The van der Waals surface area contributed by atoms with Gasteiger partial charge in [-0.05, 0) is 36.8 Å². The molecule has 0 saturated heterocycles. The van der Waals surface area contributed by atoms with Crippen LogP contribution in [-0.4, -0.2) is 19.6 Å². The number of hydrogen-bond donors (Lipinski definition) is 1. The van der Waals surface area contributed by atoms with Crippen LogP contribution in [0.5, 0.6) is 11.5 Å². The third kappa shape index (κ3) is 4.74. The van der Waals surface area contributed by atoms with E-state index in [2.05, 4.69) is 10.1 Å². The van der Waals surface area contributed by atoms with Crippen LogP contribution in [0.1, 0.15) is 28.9 Å². The molecule has 2 aromatic rings. The molecular weight excluding hydrogens is 375 g/mol. The Labute approximate surface area is 153 Å². The van der Waals surface area contributed by atoms with Crippen molar-refractivity contribution in [1.82, 2.24) is 5.32 Å². The highest BCUT2D eigenvalue weighted by Gasteiger charge is 2.21. The van der Waals surface area contributed by atoms with Crippen molar-refractivity contribution >= 4 is 29.1 Å². The van der Waals surface area contributed by atoms with Gasteiger partial charge in [0, 0.05) is 0 Å². The average Bonchev–Trinajstić information content (AvgIpc) is 2.56. The molecule has 0 fully saturated rings. The molecule has 0 aromatic heterocycles. The Balaban J connectivity index is 2.26. The van der Waals surface area contributed by atoms with E-state index in [0.717, 1.165) is 0 Å². The third-order valence-corrected chi connectivity index (χ3v) is 4.18. The molecular formula is C17H15Cl2F2NO3. The van der Waals surface area contributed by atoms with E-state index < -0.39 is 18.6 Å². The quantitative estimate of drug-likeness (QED) is 0.747. The topological polar surface area (TPSA) is 47.6 Å². The van der Waals surface area contributed by atoms with Crippen molar-refractivity contribution in [3.63, 3.8) is 0 Å². The SMILES string of the molecule is COc1cccc(C(=O)N[C@H](C)c2ccc(Cl)c(Cl)c2)c1OC(F)F. The van der Waals surface area contributed by atoms with Crippen LogP contribution in [0.4, 0.5) is 8.78 Å². The van der Waals surface area contributed by atoms with Crippen molar-refractivity contribution in [2.45, 2.75) is 19.6 Å². The molecule has 2 rings (SSSR count). The van der Waals surface area contributed by atoms with Crippen molar-refractivity contribution in [3.05, 3.63) is 57.6 Å². The number of ether oxygens (including phenoxy) is 2. The number of methoxy groups -OCH3 is 1. The molecule has 8 heteroatoms. The minimum Gasteiger partial charge on any atom is -0.493 e. The zero-order valence-electron chi connectivity index (χ0n) is 13.4. The molecule has 0 radical (unpaired) electrons. The molecule has 0 aliphatic rings. The molecule has 4 nitrogen and oxygen atoms in total. The maximum atomic E-state index is 12.7. The minimum absolute atomic E-state index is 0.0372. The zero-order chi connectivity index (χ0) is 18.6. The van der Waals surface area contributed by atoms with E-state index >= 15 is 0 Å². The number of alkyl halides is 2. The highest BCUT2D eigenvalue weighted by atomic mass is 35.5. The van der Waals surface area contributed by atoms with Gasteiger partial charge in [0.15, 0.2) is 11.5 Å². The number of hydrogen-bond acceptors (Lipinski definition) is 3. The summed E-state index contributed by atoms with van der Waals surface area (Å²) >= 11 is 11.8. The molecule has 0 spiro atoms. The number of rotatable bonds is 6. The second-order valence-electron chi connectivity index (χ2n) is 5.08. The van der Waals surface area contributed by atoms with E-state index in [1.165, 1.54) is 25.3 Å². The molecule has 0 aliphatic heterocycles. The second kappa shape index (κ2) is 8.36. The smallest absolute Gasteiger partial charge is 0.387 e. The van der Waals surface area contributed by atoms with Gasteiger partial charge in [0.2, 0.25) is 0 Å². The summed E-state index contributed by atoms with van der Waals surface area (Å²) in [5.41, 5.74) is 0.647. The summed E-state index contributed by atoms with van der Waals surface area (Å²) < 4.78 is 34.7. The summed E-state index contributed by atoms with van der Waals surface area (Å²) in [6.45, 7) is -1.36. The zero-order valence-corrected chi connectivity index (χ0v) is 14.9. The van der Waals surface area contributed by atoms with E-state index in [4.69, 9.17) is 27.9 Å². The molecule has 2 aromatic carbocycles. The van der Waals surface area contributed by atoms with Crippen molar-refractivity contribution < 1.29 is 23.0 Å². The fraction of sp³-hybridized carbons (Fsp3) is 0.235. The molecule has 0 unspecified atom stereocenters. The van der Waals surface area contributed by atoms with E-state index in [1.54, 1.807) is 25.1 Å². The van der Waals surface area contributed by atoms with Gasteiger partial charge in [-0.1, -0.05) is 35.3 Å². The lowest BCUT2D eigenvalue weighted by Gasteiger charge is -2.18. The van der Waals surface area contributed by atoms with Crippen LogP contribution in [0.25, 0.3) is 0 Å². The van der Waals surface area contributed by atoms with Crippen molar-refractivity contribution in [1.29, 1.82) is 0 Å². The first-order valence-electron chi connectivity index (χ1n) is 7.21. The highest BCUT2D eigenvalue weighted by molar-refractivity contribution is 6.42. The summed E-state index contributed by atoms with van der Waals surface area (Å²) in [7, 11) is 1.30. The van der Waals surface area contributed by atoms with E-state index in [1.807, 2.05) is 0 Å². The highest BCUT2D eigenvalue weighted by Crippen LogP contribution is 2.33. The Morgan fingerprint density at radius 1 is 1.16 bits per heavy atom. The van der Waals surface area contributed by atoms with Gasteiger partial charge in [-0.25, -0.2) is 0 Å². The standard InChI is InChI=1S/C17H15Cl2F2NO3/c1-9(10-6-7-12(18)13(19)8-10)22-16(23)11-4-3-5-14(24-2)15(11)25-17(20)21/h3-9,17H,1-2H3,(H,22,23)/t9-/m1/s1. The first-order valence-corrected chi connectivity index (χ1v) is 7.96. The van der Waals surface area contributed by atoms with Gasteiger partial charge in [-0.2, -0.15) is 8.78 Å². The summed E-state index contributed by atoms with van der Waals surface area (Å²) in [6.07, 6.45) is 0. The largest absolute Gasteiger partial charge is 0.493 e. The van der Waals surface area contributed by atoms with Crippen LogP contribution in [0.2, 0.25) is 10.0 Å². The monoisotopic (exact) mass is 389 g/mol. The maximum Gasteiger partial charge on any atom is 0.387 e. The van der Waals surface area contributed by atoms with Crippen molar-refractivity contribution in [2.75, 3.05) is 7.11 Å². The van der Waals surface area contributed by atoms with Gasteiger partial charge in [0.1, 0.15) is 0 Å². The van der Waals surface area contributed by atoms with Crippen LogP contribution < -0.4 is 14.8 Å². The number of para-hydroxylation sites is 1. The van der Waals surface area contributed by atoms with E-state index in [-0.39, 0.29) is 17.1 Å². The Morgan fingerprint density at radius 2 is 1.88 bits per heavy atom. The number of carbonyl (C=O) groups is 1. The van der Waals surface area contributed by atoms with Crippen molar-refractivity contribution in [2.24, 2.45) is 0 Å². The lowest BCUT2D eigenvalue weighted by atomic mass is 10.1. The number of halogens is 4. The van der Waals surface area contributed by atoms with Gasteiger partial charge in [-0.3, -0.25) is 4.79 Å². The molecule has 0 bridgehead atoms. The first kappa shape index (κ1) is 19.3. The van der Waals surface area contributed by atoms with Crippen LogP contribution in [0.3, 0.4) is 0 Å². The Bertz CT molecular complexity index is 772. The molecule has 0 aliphatic carbocycles. The Kier molecular flexibility index (Phi) is 6.45. The third-order valence-electron chi connectivity index (χ3n) is 3.44. The minimum atomic E-state index is -3.09. The van der Waals surface area contributed by atoms with Gasteiger partial charge in [0.25, 0.3) is 5.91 Å². The van der Waals surface area contributed by atoms with Crippen molar-refractivity contribution in [3.8, 4) is 11.5 Å². The van der Waals surface area contributed by atoms with E-state index in [0.29, 0.717) is 15.6 Å². The first-order chi connectivity index (χ1) is 11.8. The second-order valence-corrected chi connectivity index (χ2v) is 5.90. The lowest BCUT2D eigenvalue weighted by molar-refractivity contribution is -0.0515. The summed E-state index contributed by atoms with van der Waals surface area (Å²) in [6, 6.07) is 8.81. The predicted molar refractivity (Wildman–Crippen MR) is 92.0 cm³/mol. The number of carbonyl (C=O) groups excluding carboxylic acids is 1. The number of amides is 1. The van der Waals surface area contributed by atoms with Gasteiger partial charge in [-0.15, -0.1) is 0 Å². The lowest BCUT2D eigenvalue weighted by Crippen LogP contribution is -2.27. The Hall–Kier alpha value is -2.05. The van der Waals surface area contributed by atoms with Crippen LogP contribution in [-0.2, 0) is 0 Å². The molecule has 0 heterocycles. The molecule has 25 heavy (non-hydrogen) atoms. The summed E-state index contributed by atoms with van der Waals surface area (Å²) in [5, 5.41) is 3.45. The summed E-state index contributed by atoms with van der Waals surface area (Å²) in [4.78, 5) is 12.5. The molecule has 1 atom stereocenters. The number of benzene rings is 2. The molecule has 1 amide bonds.